The lowest BCUT2D eigenvalue weighted by Crippen LogP contribution is -2.27. The minimum absolute atomic E-state index is 0.662. The van der Waals surface area contributed by atoms with Gasteiger partial charge in [-0.25, -0.2) is 0 Å². The monoisotopic (exact) mass is 291 g/mol. The fraction of sp³-hybridized carbons (Fsp3) is 0.667. The van der Waals surface area contributed by atoms with E-state index in [1.54, 1.807) is 7.11 Å². The first kappa shape index (κ1) is 16.5. The van der Waals surface area contributed by atoms with Crippen molar-refractivity contribution in [2.75, 3.05) is 33.5 Å². The van der Waals surface area contributed by atoms with Gasteiger partial charge >= 0.3 is 0 Å². The first-order chi connectivity index (χ1) is 10.4. The Bertz CT molecular complexity index is 365. The largest absolute Gasteiger partial charge is 0.385 e. The predicted molar refractivity (Wildman–Crippen MR) is 86.6 cm³/mol. The third kappa shape index (κ3) is 7.60. The molecule has 1 aliphatic rings. The van der Waals surface area contributed by atoms with E-state index < -0.39 is 0 Å². The molecule has 21 heavy (non-hydrogen) atoms. The van der Waals surface area contributed by atoms with E-state index in [1.807, 2.05) is 0 Å². The molecule has 1 saturated carbocycles. The summed E-state index contributed by atoms with van der Waals surface area (Å²) in [5.74, 6) is 0.662. The molecule has 3 nitrogen and oxygen atoms in total. The summed E-state index contributed by atoms with van der Waals surface area (Å²) in [5.41, 5.74) is 1.43. The van der Waals surface area contributed by atoms with Crippen molar-refractivity contribution in [1.29, 1.82) is 0 Å². The summed E-state index contributed by atoms with van der Waals surface area (Å²) in [5, 5.41) is 3.66. The molecule has 1 atom stereocenters. The third-order valence-corrected chi connectivity index (χ3v) is 3.95. The second-order valence-electron chi connectivity index (χ2n) is 5.99. The zero-order valence-corrected chi connectivity index (χ0v) is 13.2. The van der Waals surface area contributed by atoms with Crippen molar-refractivity contribution < 1.29 is 9.47 Å². The minimum Gasteiger partial charge on any atom is -0.385 e. The number of nitrogens with one attached hydrogen (secondary N) is 1. The van der Waals surface area contributed by atoms with Crippen molar-refractivity contribution >= 4 is 0 Å². The molecule has 0 bridgehead atoms. The van der Waals surface area contributed by atoms with Gasteiger partial charge in [0, 0.05) is 33.0 Å². The van der Waals surface area contributed by atoms with Gasteiger partial charge in [-0.1, -0.05) is 30.3 Å². The molecule has 0 radical (unpaired) electrons. The second kappa shape index (κ2) is 9.93. The number of methoxy groups -OCH3 is 1. The van der Waals surface area contributed by atoms with Crippen molar-refractivity contribution in [3.05, 3.63) is 35.9 Å². The lowest BCUT2D eigenvalue weighted by molar-refractivity contribution is 0.0935. The molecule has 1 unspecified atom stereocenters. The van der Waals surface area contributed by atoms with Crippen LogP contribution in [0.4, 0.5) is 0 Å². The van der Waals surface area contributed by atoms with Crippen LogP contribution in [0.25, 0.3) is 0 Å². The highest BCUT2D eigenvalue weighted by molar-refractivity contribution is 5.15. The number of benzene rings is 1. The van der Waals surface area contributed by atoms with E-state index in [0.717, 1.165) is 51.7 Å². The molecule has 0 aliphatic heterocycles. The van der Waals surface area contributed by atoms with Gasteiger partial charge < -0.3 is 14.8 Å². The van der Waals surface area contributed by atoms with Gasteiger partial charge in [-0.05, 0) is 50.1 Å². The van der Waals surface area contributed by atoms with Gasteiger partial charge in [0.25, 0.3) is 0 Å². The Morgan fingerprint density at radius 1 is 1.14 bits per heavy atom. The Morgan fingerprint density at radius 3 is 2.67 bits per heavy atom. The Balaban J connectivity index is 1.67. The molecular formula is C18H29NO2. The Morgan fingerprint density at radius 2 is 1.95 bits per heavy atom. The first-order valence-electron chi connectivity index (χ1n) is 8.22. The fourth-order valence-corrected chi connectivity index (χ4v) is 2.50. The Kier molecular flexibility index (Phi) is 7.79. The molecular weight excluding hydrogens is 262 g/mol. The minimum atomic E-state index is 0.662. The summed E-state index contributed by atoms with van der Waals surface area (Å²) in [6.45, 7) is 3.56. The summed E-state index contributed by atoms with van der Waals surface area (Å²) in [6.07, 6.45) is 5.96. The number of hydrogen-bond acceptors (Lipinski definition) is 3. The van der Waals surface area contributed by atoms with E-state index in [2.05, 4.69) is 35.6 Å². The maximum atomic E-state index is 5.72. The van der Waals surface area contributed by atoms with Crippen LogP contribution >= 0.6 is 0 Å². The smallest absolute Gasteiger partial charge is 0.0487 e. The standard InChI is InChI=1S/C18H29NO2/c1-20-11-5-12-21-13-10-17(15-19-18-8-9-18)14-16-6-3-2-4-7-16/h2-4,6-7,17-19H,5,8-15H2,1H3. The van der Waals surface area contributed by atoms with Crippen LogP contribution in [-0.4, -0.2) is 39.5 Å². The zero-order chi connectivity index (χ0) is 14.8. The molecule has 0 saturated heterocycles. The topological polar surface area (TPSA) is 30.5 Å². The molecule has 118 valence electrons. The van der Waals surface area contributed by atoms with Crippen molar-refractivity contribution in [3.63, 3.8) is 0 Å². The molecule has 1 aromatic carbocycles. The maximum Gasteiger partial charge on any atom is 0.0487 e. The quantitative estimate of drug-likeness (QED) is 0.600. The molecule has 1 aromatic rings. The van der Waals surface area contributed by atoms with Crippen molar-refractivity contribution in [1.82, 2.24) is 5.32 Å². The van der Waals surface area contributed by atoms with Crippen LogP contribution in [0.3, 0.4) is 0 Å². The van der Waals surface area contributed by atoms with Crippen molar-refractivity contribution in [2.45, 2.75) is 38.1 Å². The van der Waals surface area contributed by atoms with Crippen LogP contribution in [0.2, 0.25) is 0 Å². The van der Waals surface area contributed by atoms with Crippen LogP contribution in [0, 0.1) is 5.92 Å². The molecule has 0 amide bonds. The summed E-state index contributed by atoms with van der Waals surface area (Å²) >= 11 is 0. The van der Waals surface area contributed by atoms with Crippen LogP contribution in [-0.2, 0) is 15.9 Å². The van der Waals surface area contributed by atoms with Gasteiger partial charge in [0.1, 0.15) is 0 Å². The Hall–Kier alpha value is -0.900. The SMILES string of the molecule is COCCCOCCC(CNC1CC1)Cc1ccccc1. The average molecular weight is 291 g/mol. The van der Waals surface area contributed by atoms with E-state index >= 15 is 0 Å². The van der Waals surface area contributed by atoms with Gasteiger partial charge in [-0.15, -0.1) is 0 Å². The van der Waals surface area contributed by atoms with E-state index in [-0.39, 0.29) is 0 Å². The van der Waals surface area contributed by atoms with Gasteiger partial charge in [-0.2, -0.15) is 0 Å². The number of rotatable bonds is 12. The molecule has 0 heterocycles. The van der Waals surface area contributed by atoms with Gasteiger partial charge in [0.15, 0.2) is 0 Å². The summed E-state index contributed by atoms with van der Waals surface area (Å²) in [4.78, 5) is 0. The van der Waals surface area contributed by atoms with E-state index in [0.29, 0.717) is 5.92 Å². The van der Waals surface area contributed by atoms with E-state index in [1.165, 1.54) is 18.4 Å². The Labute approximate surface area is 129 Å². The average Bonchev–Trinajstić information content (AvgIpc) is 3.33. The predicted octanol–water partition coefficient (Wildman–Crippen LogP) is 3.04. The summed E-state index contributed by atoms with van der Waals surface area (Å²) in [7, 11) is 1.74. The van der Waals surface area contributed by atoms with Crippen LogP contribution in [0.15, 0.2) is 30.3 Å². The normalized spacial score (nSPS) is 16.0. The van der Waals surface area contributed by atoms with Crippen LogP contribution in [0.1, 0.15) is 31.2 Å². The summed E-state index contributed by atoms with van der Waals surface area (Å²) in [6, 6.07) is 11.6. The highest BCUT2D eigenvalue weighted by atomic mass is 16.5. The lowest BCUT2D eigenvalue weighted by Gasteiger charge is -2.18. The van der Waals surface area contributed by atoms with Gasteiger partial charge in [0.05, 0.1) is 0 Å². The molecule has 0 aromatic heterocycles. The highest BCUT2D eigenvalue weighted by Crippen LogP contribution is 2.20. The number of hydrogen-bond donors (Lipinski definition) is 1. The van der Waals surface area contributed by atoms with Crippen molar-refractivity contribution in [3.8, 4) is 0 Å². The van der Waals surface area contributed by atoms with Gasteiger partial charge in [-0.3, -0.25) is 0 Å². The molecule has 1 fully saturated rings. The molecule has 0 spiro atoms. The molecule has 1 N–H and O–H groups in total. The first-order valence-corrected chi connectivity index (χ1v) is 8.22. The zero-order valence-electron chi connectivity index (χ0n) is 13.2. The van der Waals surface area contributed by atoms with E-state index in [4.69, 9.17) is 9.47 Å². The highest BCUT2D eigenvalue weighted by Gasteiger charge is 2.21. The molecule has 3 heteroatoms. The van der Waals surface area contributed by atoms with Crippen molar-refractivity contribution in [2.24, 2.45) is 5.92 Å². The van der Waals surface area contributed by atoms with Gasteiger partial charge in [0.2, 0.25) is 0 Å². The second-order valence-corrected chi connectivity index (χ2v) is 5.99. The maximum absolute atomic E-state index is 5.72. The fourth-order valence-electron chi connectivity index (χ4n) is 2.50. The third-order valence-electron chi connectivity index (χ3n) is 3.95. The number of ether oxygens (including phenoxy) is 2. The van der Waals surface area contributed by atoms with Crippen LogP contribution in [0.5, 0.6) is 0 Å². The lowest BCUT2D eigenvalue weighted by atomic mass is 9.96. The molecule has 1 aliphatic carbocycles. The molecule has 2 rings (SSSR count). The summed E-state index contributed by atoms with van der Waals surface area (Å²) < 4.78 is 10.7. The van der Waals surface area contributed by atoms with E-state index in [9.17, 15) is 0 Å². The van der Waals surface area contributed by atoms with Crippen LogP contribution < -0.4 is 5.32 Å².